The van der Waals surface area contributed by atoms with Crippen LogP contribution < -0.4 is 10.1 Å². The average Bonchev–Trinajstić information content (AvgIpc) is 2.88. The number of hydrogen-bond acceptors (Lipinski definition) is 3. The first kappa shape index (κ1) is 30.1. The summed E-state index contributed by atoms with van der Waals surface area (Å²) in [6.07, 6.45) is 5.66. The van der Waals surface area contributed by atoms with E-state index in [1.807, 2.05) is 68.0 Å². The molecule has 2 aromatic carbocycles. The third-order valence-corrected chi connectivity index (χ3v) is 11.5. The van der Waals surface area contributed by atoms with Gasteiger partial charge in [-0.25, -0.2) is 22.5 Å². The molecule has 5 nitrogen and oxygen atoms in total. The van der Waals surface area contributed by atoms with Crippen LogP contribution in [0, 0.1) is 34.2 Å². The van der Waals surface area contributed by atoms with Crippen molar-refractivity contribution in [1.29, 1.82) is 5.26 Å². The molecular weight excluding hydrogens is 543 g/mol. The largest absolute Gasteiger partial charge is 0.478 e. The van der Waals surface area contributed by atoms with Crippen LogP contribution in [0.4, 0.5) is 18.9 Å². The fraction of sp³-hybridized carbons (Fsp3) is 0.344. The van der Waals surface area contributed by atoms with E-state index in [1.165, 1.54) is 0 Å². The number of anilines is 1. The molecule has 0 fully saturated rings. The van der Waals surface area contributed by atoms with Gasteiger partial charge >= 0.3 is 5.97 Å². The fourth-order valence-electron chi connectivity index (χ4n) is 5.71. The standard InChI is InChI=1S/C32H34F3N3O2Si/c1-32(2,3)21(16-36)25-28(33)26(27(31(39)40)30(35)29(25)34)24-19-12-10-17(37(4)5)14-22(19)41(8,9)23-15-18(38(6)7)11-13-20(23)24/h10-15,21H,1-9H3/p+1. The third kappa shape index (κ3) is 4.74. The maximum absolute atomic E-state index is 16.8. The SMILES string of the molecule is CN(C)c1ccc2c(c1)[Si](C)(C)C1=CC(=[N+](C)C)C=CC1=C2c1c(F)c(C(C#N)C(C)(C)C)c(F)c(F)c1C(=O)O. The molecule has 2 aromatic rings. The highest BCUT2D eigenvalue weighted by Gasteiger charge is 2.44. The van der Waals surface area contributed by atoms with Crippen LogP contribution in [-0.4, -0.2) is 57.6 Å². The number of nitrogens with zero attached hydrogens (tertiary/aromatic N) is 3. The summed E-state index contributed by atoms with van der Waals surface area (Å²) in [6.45, 7) is 9.20. The summed E-state index contributed by atoms with van der Waals surface area (Å²) in [5.74, 6) is -7.73. The summed E-state index contributed by atoms with van der Waals surface area (Å²) < 4.78 is 50.1. The number of carboxylic acids is 1. The Morgan fingerprint density at radius 2 is 1.71 bits per heavy atom. The summed E-state index contributed by atoms with van der Waals surface area (Å²) in [5.41, 5.74) is -0.234. The molecule has 0 saturated carbocycles. The van der Waals surface area contributed by atoms with Crippen LogP contribution in [0.2, 0.25) is 13.1 Å². The highest BCUT2D eigenvalue weighted by molar-refractivity contribution is 6.98. The zero-order valence-corrected chi connectivity index (χ0v) is 25.9. The van der Waals surface area contributed by atoms with Gasteiger partial charge in [0, 0.05) is 43.1 Å². The predicted octanol–water partition coefficient (Wildman–Crippen LogP) is 6.00. The van der Waals surface area contributed by atoms with Gasteiger partial charge in [0.25, 0.3) is 0 Å². The van der Waals surface area contributed by atoms with E-state index < -0.39 is 59.5 Å². The van der Waals surface area contributed by atoms with Crippen molar-refractivity contribution in [2.45, 2.75) is 39.8 Å². The van der Waals surface area contributed by atoms with E-state index in [2.05, 4.69) is 13.1 Å². The highest BCUT2D eigenvalue weighted by Crippen LogP contribution is 2.47. The highest BCUT2D eigenvalue weighted by atomic mass is 28.3. The average molecular weight is 579 g/mol. The zero-order valence-electron chi connectivity index (χ0n) is 24.9. The molecule has 0 aromatic heterocycles. The lowest BCUT2D eigenvalue weighted by Crippen LogP contribution is -2.50. The van der Waals surface area contributed by atoms with Gasteiger partial charge in [-0.2, -0.15) is 5.26 Å². The van der Waals surface area contributed by atoms with Gasteiger partial charge in [-0.1, -0.05) is 39.9 Å². The number of halogens is 3. The summed E-state index contributed by atoms with van der Waals surface area (Å²) >= 11 is 0. The first-order valence-corrected chi connectivity index (χ1v) is 16.3. The van der Waals surface area contributed by atoms with Crippen molar-refractivity contribution in [2.75, 3.05) is 33.1 Å². The van der Waals surface area contributed by atoms with E-state index in [1.54, 1.807) is 32.9 Å². The lowest BCUT2D eigenvalue weighted by atomic mass is 9.75. The van der Waals surface area contributed by atoms with Gasteiger partial charge < -0.3 is 10.0 Å². The Morgan fingerprint density at radius 3 is 2.22 bits per heavy atom. The number of carbonyl (C=O) groups is 1. The van der Waals surface area contributed by atoms with Gasteiger partial charge in [-0.15, -0.1) is 0 Å². The van der Waals surface area contributed by atoms with Gasteiger partial charge in [0.15, 0.2) is 17.3 Å². The normalized spacial score (nSPS) is 16.5. The van der Waals surface area contributed by atoms with Gasteiger partial charge in [-0.3, -0.25) is 0 Å². The molecule has 2 aliphatic rings. The minimum Gasteiger partial charge on any atom is -0.478 e. The van der Waals surface area contributed by atoms with Crippen molar-refractivity contribution in [2.24, 2.45) is 5.41 Å². The first-order valence-electron chi connectivity index (χ1n) is 13.3. The lowest BCUT2D eigenvalue weighted by molar-refractivity contribution is -0.462. The van der Waals surface area contributed by atoms with Crippen molar-refractivity contribution in [3.63, 3.8) is 0 Å². The Morgan fingerprint density at radius 1 is 1.07 bits per heavy atom. The molecule has 0 radical (unpaired) electrons. The van der Waals surface area contributed by atoms with Crippen LogP contribution in [0.15, 0.2) is 47.2 Å². The molecular formula is C32H35F3N3O2Si+. The molecule has 1 heterocycles. The molecule has 9 heteroatoms. The second-order valence-electron chi connectivity index (χ2n) is 12.6. The quantitative estimate of drug-likeness (QED) is 0.275. The smallest absolute Gasteiger partial charge is 0.339 e. The van der Waals surface area contributed by atoms with Crippen molar-refractivity contribution >= 4 is 36.2 Å². The van der Waals surface area contributed by atoms with Crippen LogP contribution in [0.5, 0.6) is 0 Å². The topological polar surface area (TPSA) is 67.3 Å². The Kier molecular flexibility index (Phi) is 7.46. The summed E-state index contributed by atoms with van der Waals surface area (Å²) in [7, 11) is 5.13. The Hall–Kier alpha value is -3.90. The molecule has 0 spiro atoms. The van der Waals surface area contributed by atoms with Crippen molar-refractivity contribution < 1.29 is 27.6 Å². The van der Waals surface area contributed by atoms with Crippen LogP contribution in [0.25, 0.3) is 5.57 Å². The second kappa shape index (κ2) is 10.2. The number of carboxylic acid groups (broad SMARTS) is 1. The maximum Gasteiger partial charge on any atom is 0.339 e. The summed E-state index contributed by atoms with van der Waals surface area (Å²) in [5, 5.41) is 21.9. The summed E-state index contributed by atoms with van der Waals surface area (Å²) in [4.78, 5) is 14.5. The van der Waals surface area contributed by atoms with Crippen molar-refractivity contribution in [3.05, 3.63) is 86.9 Å². The second-order valence-corrected chi connectivity index (χ2v) is 16.9. The molecule has 41 heavy (non-hydrogen) atoms. The van der Waals surface area contributed by atoms with Crippen molar-refractivity contribution in [1.82, 2.24) is 0 Å². The molecule has 0 saturated heterocycles. The molecule has 0 amide bonds. The zero-order chi connectivity index (χ0) is 30.8. The van der Waals surface area contributed by atoms with E-state index in [4.69, 9.17) is 0 Å². The number of hydrogen-bond donors (Lipinski definition) is 1. The number of allylic oxidation sites excluding steroid dienone is 5. The Labute approximate surface area is 240 Å². The molecule has 1 atom stereocenters. The number of fused-ring (bicyclic) bond motifs is 2. The lowest BCUT2D eigenvalue weighted by Gasteiger charge is -2.38. The van der Waals surface area contributed by atoms with Gasteiger partial charge in [-0.05, 0) is 50.7 Å². The Balaban J connectivity index is 2.28. The molecule has 1 unspecified atom stereocenters. The van der Waals surface area contributed by atoms with Crippen LogP contribution >= 0.6 is 0 Å². The predicted molar refractivity (Wildman–Crippen MR) is 159 cm³/mol. The fourth-order valence-corrected chi connectivity index (χ4v) is 8.78. The van der Waals surface area contributed by atoms with E-state index in [0.29, 0.717) is 11.1 Å². The van der Waals surface area contributed by atoms with Crippen LogP contribution in [0.3, 0.4) is 0 Å². The van der Waals surface area contributed by atoms with E-state index in [-0.39, 0.29) is 5.57 Å². The number of rotatable bonds is 4. The molecule has 4 rings (SSSR count). The Bertz CT molecular complexity index is 1660. The molecule has 1 aliphatic carbocycles. The number of benzene rings is 2. The van der Waals surface area contributed by atoms with Crippen LogP contribution in [0.1, 0.15) is 53.7 Å². The summed E-state index contributed by atoms with van der Waals surface area (Å²) in [6, 6.07) is 7.59. The van der Waals surface area contributed by atoms with Gasteiger partial charge in [0.05, 0.1) is 12.0 Å². The monoisotopic (exact) mass is 578 g/mol. The minimum atomic E-state index is -2.48. The van der Waals surface area contributed by atoms with Crippen LogP contribution in [-0.2, 0) is 0 Å². The molecule has 0 bridgehead atoms. The van der Waals surface area contributed by atoms with Gasteiger partial charge in [0.2, 0.25) is 0 Å². The van der Waals surface area contributed by atoms with E-state index >= 15 is 13.2 Å². The third-order valence-electron chi connectivity index (χ3n) is 8.03. The first-order chi connectivity index (χ1) is 18.9. The van der Waals surface area contributed by atoms with Crippen molar-refractivity contribution in [3.8, 4) is 6.07 Å². The minimum absolute atomic E-state index is 0.179. The van der Waals surface area contributed by atoms with Gasteiger partial charge in [0.1, 0.15) is 33.5 Å². The molecule has 1 aliphatic heterocycles. The maximum atomic E-state index is 16.8. The van der Waals surface area contributed by atoms with E-state index in [9.17, 15) is 15.2 Å². The molecule has 1 N–H and O–H groups in total. The number of aromatic carboxylic acids is 1. The number of nitriles is 1. The molecule has 214 valence electrons. The van der Waals surface area contributed by atoms with E-state index in [0.717, 1.165) is 21.8 Å².